The van der Waals surface area contributed by atoms with Gasteiger partial charge in [0.1, 0.15) is 29.6 Å². The van der Waals surface area contributed by atoms with Gasteiger partial charge in [-0.1, -0.05) is 12.1 Å². The van der Waals surface area contributed by atoms with Gasteiger partial charge in [0.15, 0.2) is 12.2 Å². The van der Waals surface area contributed by atoms with E-state index in [4.69, 9.17) is 11.5 Å². The molecule has 6 N–H and O–H groups in total. The van der Waals surface area contributed by atoms with Crippen LogP contribution in [-0.4, -0.2) is 37.7 Å². The van der Waals surface area contributed by atoms with E-state index in [2.05, 4.69) is 10.3 Å². The van der Waals surface area contributed by atoms with Gasteiger partial charge in [-0.05, 0) is 30.7 Å². The Labute approximate surface area is 193 Å². The van der Waals surface area contributed by atoms with Gasteiger partial charge in [-0.3, -0.25) is 24.1 Å². The van der Waals surface area contributed by atoms with Crippen LogP contribution in [0.1, 0.15) is 12.0 Å². The number of aldehydes is 1. The smallest absolute Gasteiger partial charge is 0.275 e. The van der Waals surface area contributed by atoms with E-state index in [1.54, 1.807) is 0 Å². The number of hydrogen-bond donors (Lipinski definition) is 4. The number of nitrogens with two attached hydrogens (primary N) is 2. The molecule has 182 valence electrons. The van der Waals surface area contributed by atoms with Crippen LogP contribution >= 0.6 is 0 Å². The molecule has 0 aliphatic rings. The first kappa shape index (κ1) is 26.2. The number of amides is 1. The summed E-state index contributed by atoms with van der Waals surface area (Å²) in [5.74, 6) is -4.02. The van der Waals surface area contributed by atoms with E-state index >= 15 is 0 Å². The maximum atomic E-state index is 13.8. The summed E-state index contributed by atoms with van der Waals surface area (Å²) in [5, 5.41) is 2.30. The fourth-order valence-corrected chi connectivity index (χ4v) is 3.92. The number of hydrogen-bond acceptors (Lipinski definition) is 6. The molecule has 0 aliphatic carbocycles. The average molecular weight is 496 g/mol. The molecule has 1 aromatic heterocycles. The van der Waals surface area contributed by atoms with Crippen LogP contribution in [0.25, 0.3) is 0 Å². The van der Waals surface area contributed by atoms with Crippen LogP contribution in [0.2, 0.25) is 0 Å². The summed E-state index contributed by atoms with van der Waals surface area (Å²) in [4.78, 5) is 39.7. The zero-order valence-electron chi connectivity index (χ0n) is 17.7. The second-order valence-electron chi connectivity index (χ2n) is 6.84. The lowest BCUT2D eigenvalue weighted by molar-refractivity contribution is -0.121. The molecule has 0 bridgehead atoms. The van der Waals surface area contributed by atoms with Crippen molar-refractivity contribution in [2.75, 3.05) is 11.3 Å². The minimum absolute atomic E-state index is 0.0763. The number of carbonyl (C=O) groups is 2. The van der Waals surface area contributed by atoms with Gasteiger partial charge in [0.2, 0.25) is 15.9 Å². The second-order valence-corrected chi connectivity index (χ2v) is 8.56. The van der Waals surface area contributed by atoms with Crippen molar-refractivity contribution in [3.8, 4) is 0 Å². The van der Waals surface area contributed by atoms with Gasteiger partial charge in [-0.25, -0.2) is 17.2 Å². The molecule has 0 fully saturated rings. The van der Waals surface area contributed by atoms with Crippen LogP contribution in [0, 0.1) is 11.6 Å². The third-order valence-electron chi connectivity index (χ3n) is 4.19. The average Bonchev–Trinajstić information content (AvgIpc) is 2.75. The van der Waals surface area contributed by atoms with E-state index in [1.807, 2.05) is 4.72 Å². The number of sulfonamides is 1. The molecule has 1 amide bonds. The molecule has 0 spiro atoms. The maximum Gasteiger partial charge on any atom is 0.275 e. The fourth-order valence-electron chi connectivity index (χ4n) is 2.70. The molecular formula is C20H22F2N6O5S. The molecule has 0 radical (unpaired) electrons. The lowest BCUT2D eigenvalue weighted by atomic mass is 10.2. The number of halogens is 2. The Morgan fingerprint density at radius 1 is 1.15 bits per heavy atom. The van der Waals surface area contributed by atoms with Crippen LogP contribution in [0.3, 0.4) is 0 Å². The van der Waals surface area contributed by atoms with Crippen LogP contribution in [0.5, 0.6) is 0 Å². The molecule has 0 atom stereocenters. The first-order chi connectivity index (χ1) is 16.0. The number of pyridine rings is 1. The molecule has 0 saturated heterocycles. The van der Waals surface area contributed by atoms with Crippen LogP contribution < -0.4 is 27.1 Å². The topological polar surface area (TPSA) is 179 Å². The highest BCUT2D eigenvalue weighted by molar-refractivity contribution is 7.91. The van der Waals surface area contributed by atoms with Crippen LogP contribution in [-0.2, 0) is 31.9 Å². The highest BCUT2D eigenvalue weighted by atomic mass is 32.2. The van der Waals surface area contributed by atoms with Crippen molar-refractivity contribution < 1.29 is 26.8 Å². The zero-order valence-corrected chi connectivity index (χ0v) is 18.5. The first-order valence-corrected chi connectivity index (χ1v) is 11.3. The Morgan fingerprint density at radius 2 is 1.82 bits per heavy atom. The predicted octanol–water partition coefficient (Wildman–Crippen LogP) is -0.0691. The number of allylic oxidation sites excluding steroid dienone is 1. The molecule has 0 aliphatic heterocycles. The second kappa shape index (κ2) is 11.7. The molecule has 11 nitrogen and oxygen atoms in total. The van der Waals surface area contributed by atoms with Gasteiger partial charge in [0.25, 0.3) is 5.56 Å². The van der Waals surface area contributed by atoms with Crippen molar-refractivity contribution in [2.45, 2.75) is 18.7 Å². The van der Waals surface area contributed by atoms with Crippen LogP contribution in [0.15, 0.2) is 58.1 Å². The molecular weight excluding hydrogens is 474 g/mol. The number of aromatic nitrogens is 1. The highest BCUT2D eigenvalue weighted by Gasteiger charge is 2.20. The number of carbonyl (C=O) groups excluding carboxylic acids is 2. The molecule has 14 heteroatoms. The van der Waals surface area contributed by atoms with E-state index in [-0.39, 0.29) is 24.6 Å². The Kier molecular flexibility index (Phi) is 9.01. The minimum atomic E-state index is -4.37. The van der Waals surface area contributed by atoms with Gasteiger partial charge in [0.05, 0.1) is 5.70 Å². The summed E-state index contributed by atoms with van der Waals surface area (Å²) in [6, 6.07) is 5.33. The van der Waals surface area contributed by atoms with E-state index in [0.717, 1.165) is 28.8 Å². The van der Waals surface area contributed by atoms with Crippen molar-refractivity contribution in [1.29, 1.82) is 0 Å². The quantitative estimate of drug-likeness (QED) is 0.111. The molecule has 2 aromatic rings. The third kappa shape index (κ3) is 7.81. The Bertz CT molecular complexity index is 1270. The third-order valence-corrected chi connectivity index (χ3v) is 5.39. The molecule has 1 aromatic carbocycles. The van der Waals surface area contributed by atoms with Gasteiger partial charge in [-0.2, -0.15) is 0 Å². The minimum Gasteiger partial charge on any atom is -0.370 e. The number of aliphatic imine (C=N–C) groups is 1. The number of anilines is 1. The molecule has 2 rings (SSSR count). The molecule has 0 unspecified atom stereocenters. The lowest BCUT2D eigenvalue weighted by Gasteiger charge is -2.11. The Morgan fingerprint density at radius 3 is 2.44 bits per heavy atom. The number of rotatable bonds is 11. The fraction of sp³-hybridized carbons (Fsp3) is 0.200. The van der Waals surface area contributed by atoms with E-state index in [1.165, 1.54) is 18.3 Å². The van der Waals surface area contributed by atoms with Crippen LogP contribution in [0.4, 0.5) is 14.5 Å². The lowest BCUT2D eigenvalue weighted by Crippen LogP contribution is -2.33. The molecule has 34 heavy (non-hydrogen) atoms. The number of nitrogens with zero attached hydrogens (tertiary/aromatic N) is 2. The van der Waals surface area contributed by atoms with E-state index in [0.29, 0.717) is 6.29 Å². The largest absolute Gasteiger partial charge is 0.370 e. The van der Waals surface area contributed by atoms with Gasteiger partial charge < -0.3 is 21.4 Å². The molecule has 1 heterocycles. The van der Waals surface area contributed by atoms with E-state index in [9.17, 15) is 31.6 Å². The maximum absolute atomic E-state index is 13.8. The summed E-state index contributed by atoms with van der Waals surface area (Å²) in [6.07, 6.45) is 3.25. The van der Waals surface area contributed by atoms with Crippen molar-refractivity contribution in [1.82, 2.24) is 9.88 Å². The van der Waals surface area contributed by atoms with Crippen molar-refractivity contribution >= 4 is 33.9 Å². The number of nitrogens with one attached hydrogen (secondary N) is 2. The van der Waals surface area contributed by atoms with Crippen molar-refractivity contribution in [3.63, 3.8) is 0 Å². The summed E-state index contributed by atoms with van der Waals surface area (Å²) in [5.41, 5.74) is 8.29. The summed E-state index contributed by atoms with van der Waals surface area (Å²) < 4.78 is 55.2. The summed E-state index contributed by atoms with van der Waals surface area (Å²) in [7, 11) is -4.37. The summed E-state index contributed by atoms with van der Waals surface area (Å²) in [6.45, 7) is -0.358. The van der Waals surface area contributed by atoms with Gasteiger partial charge in [0, 0.05) is 18.3 Å². The zero-order chi connectivity index (χ0) is 25.3. The first-order valence-electron chi connectivity index (χ1n) is 9.66. The Hall–Kier alpha value is -4.07. The summed E-state index contributed by atoms with van der Waals surface area (Å²) >= 11 is 0. The monoisotopic (exact) mass is 496 g/mol. The van der Waals surface area contributed by atoms with Gasteiger partial charge in [-0.15, -0.1) is 0 Å². The van der Waals surface area contributed by atoms with Crippen molar-refractivity contribution in [3.05, 3.63) is 75.9 Å². The Balaban J connectivity index is 2.11. The predicted molar refractivity (Wildman–Crippen MR) is 121 cm³/mol. The normalized spacial score (nSPS) is 11.5. The number of guanidine groups is 1. The SMILES string of the molecule is NC(N)=NCC/C=C(\C=O)NC(=O)Cn1cccc(NS(=O)(=O)Cc2c(F)cccc2F)c1=O. The standard InChI is InChI=1S/C20H22F2N6O5S/c21-15-5-1-6-16(22)14(15)12-34(32,33)27-17-7-3-9-28(19(17)31)10-18(30)26-13(11-29)4-2-8-25-20(23)24/h1,3-7,9,11,27H,2,8,10,12H2,(H,26,30)(H4,23,24,25)/b13-4+. The van der Waals surface area contributed by atoms with Crippen molar-refractivity contribution in [2.24, 2.45) is 16.5 Å². The van der Waals surface area contributed by atoms with E-state index < -0.39 is 56.7 Å². The van der Waals surface area contributed by atoms with Gasteiger partial charge >= 0.3 is 0 Å². The molecule has 0 saturated carbocycles. The number of benzene rings is 1. The highest BCUT2D eigenvalue weighted by Crippen LogP contribution is 2.16.